The molecule has 178 valence electrons. The summed E-state index contributed by atoms with van der Waals surface area (Å²) in [6.45, 7) is 2.36. The molecular weight excluding hydrogens is 432 g/mol. The van der Waals surface area contributed by atoms with Crippen LogP contribution in [0.2, 0.25) is 0 Å². The average molecular weight is 462 g/mol. The van der Waals surface area contributed by atoms with Crippen LogP contribution in [-0.4, -0.2) is 64.6 Å². The maximum absolute atomic E-state index is 13.3. The van der Waals surface area contributed by atoms with E-state index in [0.717, 1.165) is 57.2 Å². The van der Waals surface area contributed by atoms with Crippen molar-refractivity contribution >= 4 is 23.7 Å². The second-order valence-electron chi connectivity index (χ2n) is 9.12. The van der Waals surface area contributed by atoms with Gasteiger partial charge in [0.2, 0.25) is 0 Å². The highest BCUT2D eigenvalue weighted by molar-refractivity contribution is 6.09. The number of alkyl halides is 2. The number of nitrogens with zero attached hydrogens (tertiary/aromatic N) is 2. The van der Waals surface area contributed by atoms with E-state index >= 15 is 0 Å². The zero-order valence-corrected chi connectivity index (χ0v) is 18.6. The van der Waals surface area contributed by atoms with Gasteiger partial charge in [-0.2, -0.15) is 8.78 Å². The van der Waals surface area contributed by atoms with E-state index in [2.05, 4.69) is 5.32 Å². The molecule has 4 amide bonds. The number of benzene rings is 1. The molecule has 1 aliphatic carbocycles. The molecule has 2 atom stereocenters. The molecular formula is C23H29F2N5O3. The molecule has 2 aliphatic heterocycles. The summed E-state index contributed by atoms with van der Waals surface area (Å²) in [6.07, 6.45) is 5.56. The Labute approximate surface area is 191 Å². The predicted molar refractivity (Wildman–Crippen MR) is 117 cm³/mol. The fraction of sp³-hybridized carbons (Fsp3) is 0.565. The number of amidine groups is 1. The van der Waals surface area contributed by atoms with Crippen molar-refractivity contribution in [1.29, 1.82) is 5.41 Å². The maximum atomic E-state index is 13.3. The van der Waals surface area contributed by atoms with E-state index in [1.165, 1.54) is 6.07 Å². The van der Waals surface area contributed by atoms with Gasteiger partial charge in [0.05, 0.1) is 12.1 Å². The maximum Gasteiger partial charge on any atom is 0.322 e. The predicted octanol–water partition coefficient (Wildman–Crippen LogP) is 2.86. The second kappa shape index (κ2) is 9.07. The van der Waals surface area contributed by atoms with E-state index in [9.17, 15) is 23.2 Å². The van der Waals surface area contributed by atoms with E-state index < -0.39 is 17.7 Å². The molecule has 0 spiro atoms. The molecule has 10 heteroatoms. The molecule has 1 saturated heterocycles. The SMILES string of the molecule is CC(F)(F)C(=O)NC(=N)c1ccc2c(c1)C(=O)N(C1CCCCC1NC(=O)N1CCCC1)C2. The largest absolute Gasteiger partial charge is 0.333 e. The minimum Gasteiger partial charge on any atom is -0.333 e. The lowest BCUT2D eigenvalue weighted by atomic mass is 9.89. The molecule has 0 radical (unpaired) electrons. The second-order valence-corrected chi connectivity index (χ2v) is 9.12. The number of fused-ring (bicyclic) bond motifs is 1. The quantitative estimate of drug-likeness (QED) is 0.474. The number of urea groups is 1. The molecule has 4 rings (SSSR count). The van der Waals surface area contributed by atoms with Crippen LogP contribution in [0, 0.1) is 5.41 Å². The van der Waals surface area contributed by atoms with Crippen LogP contribution in [0.5, 0.6) is 0 Å². The summed E-state index contributed by atoms with van der Waals surface area (Å²) in [5.41, 5.74) is 1.35. The van der Waals surface area contributed by atoms with Gasteiger partial charge in [-0.3, -0.25) is 15.0 Å². The number of likely N-dealkylation sites (tertiary alicyclic amines) is 1. The van der Waals surface area contributed by atoms with Crippen LogP contribution in [0.15, 0.2) is 18.2 Å². The van der Waals surface area contributed by atoms with Crippen molar-refractivity contribution in [1.82, 2.24) is 20.4 Å². The summed E-state index contributed by atoms with van der Waals surface area (Å²) in [5, 5.41) is 13.0. The van der Waals surface area contributed by atoms with E-state index in [0.29, 0.717) is 19.0 Å². The summed E-state index contributed by atoms with van der Waals surface area (Å²) < 4.78 is 26.3. The summed E-state index contributed by atoms with van der Waals surface area (Å²) in [4.78, 5) is 41.0. The molecule has 2 heterocycles. The van der Waals surface area contributed by atoms with Gasteiger partial charge >= 0.3 is 12.0 Å². The van der Waals surface area contributed by atoms with Crippen molar-refractivity contribution in [2.24, 2.45) is 0 Å². The third-order valence-corrected chi connectivity index (χ3v) is 6.70. The van der Waals surface area contributed by atoms with E-state index in [1.807, 2.05) is 10.2 Å². The van der Waals surface area contributed by atoms with Crippen molar-refractivity contribution < 1.29 is 23.2 Å². The Hall–Kier alpha value is -3.04. The van der Waals surface area contributed by atoms with Crippen LogP contribution in [0.3, 0.4) is 0 Å². The summed E-state index contributed by atoms with van der Waals surface area (Å²) in [6, 6.07) is 4.36. The van der Waals surface area contributed by atoms with Crippen LogP contribution in [-0.2, 0) is 11.3 Å². The number of amides is 4. The summed E-state index contributed by atoms with van der Waals surface area (Å²) in [7, 11) is 0. The lowest BCUT2D eigenvalue weighted by Crippen LogP contribution is -2.55. The van der Waals surface area contributed by atoms with Gasteiger partial charge in [0.1, 0.15) is 5.84 Å². The molecule has 1 saturated carbocycles. The Morgan fingerprint density at radius 1 is 1.12 bits per heavy atom. The van der Waals surface area contributed by atoms with Gasteiger partial charge in [-0.1, -0.05) is 25.0 Å². The molecule has 3 aliphatic rings. The third kappa shape index (κ3) is 4.84. The highest BCUT2D eigenvalue weighted by Crippen LogP contribution is 2.32. The average Bonchev–Trinajstić information content (AvgIpc) is 3.42. The number of hydrogen-bond donors (Lipinski definition) is 3. The normalized spacial score (nSPS) is 22.8. The minimum atomic E-state index is -3.61. The molecule has 1 aromatic rings. The van der Waals surface area contributed by atoms with Gasteiger partial charge in [-0.05, 0) is 37.3 Å². The van der Waals surface area contributed by atoms with Gasteiger partial charge in [-0.15, -0.1) is 0 Å². The Kier molecular flexibility index (Phi) is 6.36. The molecule has 2 unspecified atom stereocenters. The fourth-order valence-corrected chi connectivity index (χ4v) is 4.87. The number of hydrogen-bond acceptors (Lipinski definition) is 4. The van der Waals surface area contributed by atoms with Crippen molar-refractivity contribution in [2.75, 3.05) is 13.1 Å². The summed E-state index contributed by atoms with van der Waals surface area (Å²) >= 11 is 0. The smallest absolute Gasteiger partial charge is 0.322 e. The first-order valence-electron chi connectivity index (χ1n) is 11.4. The molecule has 33 heavy (non-hydrogen) atoms. The Balaban J connectivity index is 1.47. The van der Waals surface area contributed by atoms with Gasteiger partial charge in [0, 0.05) is 37.7 Å². The molecule has 2 fully saturated rings. The Bertz CT molecular complexity index is 971. The van der Waals surface area contributed by atoms with E-state index in [1.54, 1.807) is 17.0 Å². The highest BCUT2D eigenvalue weighted by atomic mass is 19.3. The Morgan fingerprint density at radius 2 is 1.82 bits per heavy atom. The van der Waals surface area contributed by atoms with Gasteiger partial charge < -0.3 is 20.4 Å². The summed E-state index contributed by atoms with van der Waals surface area (Å²) in [5.74, 6) is -5.87. The molecule has 1 aromatic carbocycles. The van der Waals surface area contributed by atoms with Crippen molar-refractivity contribution in [3.05, 3.63) is 34.9 Å². The van der Waals surface area contributed by atoms with Gasteiger partial charge in [0.15, 0.2) is 0 Å². The monoisotopic (exact) mass is 461 g/mol. The number of nitrogens with one attached hydrogen (secondary N) is 3. The number of rotatable bonds is 4. The Morgan fingerprint density at radius 3 is 2.52 bits per heavy atom. The zero-order chi connectivity index (χ0) is 23.8. The third-order valence-electron chi connectivity index (χ3n) is 6.70. The van der Waals surface area contributed by atoms with Crippen molar-refractivity contribution in [3.63, 3.8) is 0 Å². The highest BCUT2D eigenvalue weighted by Gasteiger charge is 2.39. The van der Waals surface area contributed by atoms with E-state index in [-0.39, 0.29) is 29.6 Å². The first-order valence-corrected chi connectivity index (χ1v) is 11.4. The first kappa shape index (κ1) is 23.1. The molecule has 0 bridgehead atoms. The lowest BCUT2D eigenvalue weighted by molar-refractivity contribution is -0.141. The van der Waals surface area contributed by atoms with Crippen LogP contribution in [0.1, 0.15) is 66.9 Å². The van der Waals surface area contributed by atoms with Crippen molar-refractivity contribution in [3.8, 4) is 0 Å². The number of carbonyl (C=O) groups excluding carboxylic acids is 3. The number of halogens is 2. The van der Waals surface area contributed by atoms with Crippen LogP contribution >= 0.6 is 0 Å². The van der Waals surface area contributed by atoms with Gasteiger partial charge in [0.25, 0.3) is 11.8 Å². The lowest BCUT2D eigenvalue weighted by Gasteiger charge is -2.38. The first-order chi connectivity index (χ1) is 15.6. The van der Waals surface area contributed by atoms with Gasteiger partial charge in [-0.25, -0.2) is 4.79 Å². The van der Waals surface area contributed by atoms with Crippen LogP contribution in [0.4, 0.5) is 13.6 Å². The molecule has 3 N–H and O–H groups in total. The van der Waals surface area contributed by atoms with E-state index in [4.69, 9.17) is 5.41 Å². The fourth-order valence-electron chi connectivity index (χ4n) is 4.87. The minimum absolute atomic E-state index is 0.0761. The van der Waals surface area contributed by atoms with Crippen LogP contribution < -0.4 is 10.6 Å². The molecule has 0 aromatic heterocycles. The van der Waals surface area contributed by atoms with Crippen molar-refractivity contribution in [2.45, 2.75) is 70.0 Å². The molecule has 8 nitrogen and oxygen atoms in total. The zero-order valence-electron chi connectivity index (χ0n) is 18.6. The van der Waals surface area contributed by atoms with Crippen LogP contribution in [0.25, 0.3) is 0 Å². The topological polar surface area (TPSA) is 106 Å². The standard InChI is InChI=1S/C23H29F2N5O3/c1-23(24,25)21(32)28-19(26)14-8-9-15-13-30(20(31)16(15)12-14)18-7-3-2-6-17(18)27-22(33)29-10-4-5-11-29/h8-9,12,17-18H,2-7,10-11,13H2,1H3,(H,27,33)(H2,26,28,32). The number of carbonyl (C=O) groups is 3.